The van der Waals surface area contributed by atoms with Crippen LogP contribution in [0.4, 0.5) is 8.78 Å². The van der Waals surface area contributed by atoms with Gasteiger partial charge in [-0.3, -0.25) is 0 Å². The summed E-state index contributed by atoms with van der Waals surface area (Å²) in [6.45, 7) is 1.45. The molecule has 2 aromatic carbocycles. The Bertz CT molecular complexity index is 481. The maximum absolute atomic E-state index is 13.3. The molecule has 0 atom stereocenters. The second-order valence-electron chi connectivity index (χ2n) is 4.17. The summed E-state index contributed by atoms with van der Waals surface area (Å²) in [6, 6.07) is 12.7. The van der Waals surface area contributed by atoms with E-state index >= 15 is 0 Å². The van der Waals surface area contributed by atoms with Gasteiger partial charge in [-0.15, -0.1) is 0 Å². The SMILES string of the molecule is Cc1c(F)cc(CCc2ccccc2)cc1F. The maximum atomic E-state index is 13.3. The first kappa shape index (κ1) is 11.8. The lowest BCUT2D eigenvalue weighted by atomic mass is 10.0. The number of aryl methyl sites for hydroxylation is 2. The third-order valence-electron chi connectivity index (χ3n) is 2.89. The van der Waals surface area contributed by atoms with E-state index in [0.717, 1.165) is 6.42 Å². The largest absolute Gasteiger partial charge is 0.207 e. The van der Waals surface area contributed by atoms with Crippen LogP contribution in [-0.2, 0) is 12.8 Å². The Kier molecular flexibility index (Phi) is 3.52. The van der Waals surface area contributed by atoms with Gasteiger partial charge >= 0.3 is 0 Å². The van der Waals surface area contributed by atoms with Crippen LogP contribution in [0, 0.1) is 18.6 Å². The predicted molar refractivity (Wildman–Crippen MR) is 64.9 cm³/mol. The zero-order valence-corrected chi connectivity index (χ0v) is 9.71. The highest BCUT2D eigenvalue weighted by molar-refractivity contribution is 5.26. The van der Waals surface area contributed by atoms with Crippen molar-refractivity contribution in [3.63, 3.8) is 0 Å². The second-order valence-corrected chi connectivity index (χ2v) is 4.17. The third-order valence-corrected chi connectivity index (χ3v) is 2.89. The molecule has 0 aliphatic rings. The summed E-state index contributed by atoms with van der Waals surface area (Å²) >= 11 is 0. The lowest BCUT2D eigenvalue weighted by Gasteiger charge is -2.05. The lowest BCUT2D eigenvalue weighted by molar-refractivity contribution is 0.564. The molecule has 17 heavy (non-hydrogen) atoms. The van der Waals surface area contributed by atoms with E-state index < -0.39 is 11.6 Å². The van der Waals surface area contributed by atoms with E-state index in [1.807, 2.05) is 30.3 Å². The fourth-order valence-corrected chi connectivity index (χ4v) is 1.78. The van der Waals surface area contributed by atoms with E-state index in [0.29, 0.717) is 12.0 Å². The Balaban J connectivity index is 2.10. The highest BCUT2D eigenvalue weighted by atomic mass is 19.1. The standard InChI is InChI=1S/C15H14F2/c1-11-14(16)9-13(10-15(11)17)8-7-12-5-3-2-4-6-12/h2-6,9-10H,7-8H2,1H3. The van der Waals surface area contributed by atoms with Crippen LogP contribution in [-0.4, -0.2) is 0 Å². The van der Waals surface area contributed by atoms with Crippen LogP contribution in [0.5, 0.6) is 0 Å². The van der Waals surface area contributed by atoms with Crippen molar-refractivity contribution in [1.82, 2.24) is 0 Å². The van der Waals surface area contributed by atoms with Gasteiger partial charge in [0, 0.05) is 5.56 Å². The van der Waals surface area contributed by atoms with Gasteiger partial charge in [-0.05, 0) is 43.0 Å². The molecule has 0 fully saturated rings. The van der Waals surface area contributed by atoms with Gasteiger partial charge in [-0.2, -0.15) is 0 Å². The van der Waals surface area contributed by atoms with Gasteiger partial charge in [-0.25, -0.2) is 8.78 Å². The van der Waals surface area contributed by atoms with Crippen LogP contribution >= 0.6 is 0 Å². The van der Waals surface area contributed by atoms with Crippen molar-refractivity contribution in [1.29, 1.82) is 0 Å². The molecule has 0 aliphatic heterocycles. The average molecular weight is 232 g/mol. The molecule has 0 bridgehead atoms. The van der Waals surface area contributed by atoms with Crippen LogP contribution in [0.1, 0.15) is 16.7 Å². The molecular formula is C15H14F2. The fraction of sp³-hybridized carbons (Fsp3) is 0.200. The van der Waals surface area contributed by atoms with Gasteiger partial charge < -0.3 is 0 Å². The monoisotopic (exact) mass is 232 g/mol. The Morgan fingerprint density at radius 3 is 1.94 bits per heavy atom. The second kappa shape index (κ2) is 5.09. The molecule has 0 spiro atoms. The van der Waals surface area contributed by atoms with Crippen molar-refractivity contribution in [3.8, 4) is 0 Å². The van der Waals surface area contributed by atoms with Crippen LogP contribution < -0.4 is 0 Å². The van der Waals surface area contributed by atoms with Gasteiger partial charge in [0.1, 0.15) is 11.6 Å². The number of halogens is 2. The van der Waals surface area contributed by atoms with E-state index in [-0.39, 0.29) is 5.56 Å². The minimum absolute atomic E-state index is 0.0912. The maximum Gasteiger partial charge on any atom is 0.129 e. The molecule has 88 valence electrons. The summed E-state index contributed by atoms with van der Waals surface area (Å²) in [6.07, 6.45) is 1.45. The molecule has 0 nitrogen and oxygen atoms in total. The summed E-state index contributed by atoms with van der Waals surface area (Å²) in [5.41, 5.74) is 1.97. The smallest absolute Gasteiger partial charge is 0.129 e. The number of hydrogen-bond acceptors (Lipinski definition) is 0. The first-order valence-electron chi connectivity index (χ1n) is 5.65. The Morgan fingerprint density at radius 1 is 0.824 bits per heavy atom. The Hall–Kier alpha value is -1.70. The molecule has 0 unspecified atom stereocenters. The molecule has 0 saturated heterocycles. The normalized spacial score (nSPS) is 10.5. The van der Waals surface area contributed by atoms with Gasteiger partial charge in [0.15, 0.2) is 0 Å². The topological polar surface area (TPSA) is 0 Å². The molecular weight excluding hydrogens is 218 g/mol. The van der Waals surface area contributed by atoms with Crippen LogP contribution in [0.25, 0.3) is 0 Å². The van der Waals surface area contributed by atoms with Crippen molar-refractivity contribution >= 4 is 0 Å². The van der Waals surface area contributed by atoms with E-state index in [2.05, 4.69) is 0 Å². The van der Waals surface area contributed by atoms with E-state index in [1.54, 1.807) is 0 Å². The average Bonchev–Trinajstić information content (AvgIpc) is 2.34. The van der Waals surface area contributed by atoms with Crippen molar-refractivity contribution in [2.45, 2.75) is 19.8 Å². The summed E-state index contributed by atoms with van der Waals surface area (Å²) in [4.78, 5) is 0. The van der Waals surface area contributed by atoms with Crippen molar-refractivity contribution in [3.05, 3.63) is 70.8 Å². The number of benzene rings is 2. The molecule has 2 rings (SSSR count). The van der Waals surface area contributed by atoms with Gasteiger partial charge in [0.25, 0.3) is 0 Å². The van der Waals surface area contributed by atoms with Gasteiger partial charge in [-0.1, -0.05) is 30.3 Å². The molecule has 0 heterocycles. The minimum Gasteiger partial charge on any atom is -0.207 e. The molecule has 2 aromatic rings. The van der Waals surface area contributed by atoms with Crippen LogP contribution in [0.15, 0.2) is 42.5 Å². The number of hydrogen-bond donors (Lipinski definition) is 0. The van der Waals surface area contributed by atoms with Crippen molar-refractivity contribution in [2.24, 2.45) is 0 Å². The first-order valence-corrected chi connectivity index (χ1v) is 5.65. The Morgan fingerprint density at radius 2 is 1.35 bits per heavy atom. The molecule has 0 aliphatic carbocycles. The molecule has 2 heteroatoms. The van der Waals surface area contributed by atoms with E-state index in [1.165, 1.54) is 24.6 Å². The summed E-state index contributed by atoms with van der Waals surface area (Å²) in [7, 11) is 0. The van der Waals surface area contributed by atoms with Crippen molar-refractivity contribution in [2.75, 3.05) is 0 Å². The van der Waals surface area contributed by atoms with Gasteiger partial charge in [0.2, 0.25) is 0 Å². The lowest BCUT2D eigenvalue weighted by Crippen LogP contribution is -1.96. The fourth-order valence-electron chi connectivity index (χ4n) is 1.78. The molecule has 0 radical (unpaired) electrons. The van der Waals surface area contributed by atoms with E-state index in [9.17, 15) is 8.78 Å². The quantitative estimate of drug-likeness (QED) is 0.748. The zero-order chi connectivity index (χ0) is 12.3. The third kappa shape index (κ3) is 2.90. The minimum atomic E-state index is -0.465. The predicted octanol–water partition coefficient (Wildman–Crippen LogP) is 4.06. The molecule has 0 aromatic heterocycles. The first-order chi connectivity index (χ1) is 8.16. The zero-order valence-electron chi connectivity index (χ0n) is 9.71. The van der Waals surface area contributed by atoms with Crippen LogP contribution in [0.3, 0.4) is 0 Å². The van der Waals surface area contributed by atoms with E-state index in [4.69, 9.17) is 0 Å². The highest BCUT2D eigenvalue weighted by Crippen LogP contribution is 2.16. The van der Waals surface area contributed by atoms with Crippen LogP contribution in [0.2, 0.25) is 0 Å². The summed E-state index contributed by atoms with van der Waals surface area (Å²) < 4.78 is 26.7. The molecule has 0 N–H and O–H groups in total. The van der Waals surface area contributed by atoms with Crippen molar-refractivity contribution < 1.29 is 8.78 Å². The van der Waals surface area contributed by atoms with Gasteiger partial charge in [0.05, 0.1) is 0 Å². The summed E-state index contributed by atoms with van der Waals surface area (Å²) in [5, 5.41) is 0. The molecule has 0 saturated carbocycles. The summed E-state index contributed by atoms with van der Waals surface area (Å²) in [5.74, 6) is -0.930. The molecule has 0 amide bonds. The highest BCUT2D eigenvalue weighted by Gasteiger charge is 2.06. The number of rotatable bonds is 3. The Labute approximate surface area is 99.9 Å².